The third kappa shape index (κ3) is 4.66. The van der Waals surface area contributed by atoms with E-state index in [0.29, 0.717) is 16.8 Å². The van der Waals surface area contributed by atoms with Gasteiger partial charge in [0.15, 0.2) is 9.84 Å². The fraction of sp³-hybridized carbons (Fsp3) is 0.375. The fourth-order valence-electron chi connectivity index (χ4n) is 2.06. The van der Waals surface area contributed by atoms with E-state index >= 15 is 0 Å². The standard InChI is InChI=1S/C14H16N2O4S.C2H6/c1-10-8-11(14(17)20-3)4-5-13(10)21(18,19)9-12-6-7-16(2)15-12;1-2/h4-8H,9H2,1-3H3;1-2H3. The van der Waals surface area contributed by atoms with Crippen LogP contribution in [0, 0.1) is 6.92 Å². The molecule has 1 heterocycles. The van der Waals surface area contributed by atoms with Gasteiger partial charge in [-0.2, -0.15) is 5.10 Å². The van der Waals surface area contributed by atoms with E-state index in [4.69, 9.17) is 0 Å². The predicted molar refractivity (Wildman–Crippen MR) is 88.0 cm³/mol. The van der Waals surface area contributed by atoms with Crippen molar-refractivity contribution in [2.45, 2.75) is 31.4 Å². The van der Waals surface area contributed by atoms with Crippen molar-refractivity contribution in [2.75, 3.05) is 7.11 Å². The van der Waals surface area contributed by atoms with Crippen molar-refractivity contribution in [3.8, 4) is 0 Å². The largest absolute Gasteiger partial charge is 0.465 e. The first-order valence-electron chi connectivity index (χ1n) is 7.24. The van der Waals surface area contributed by atoms with Crippen molar-refractivity contribution in [1.82, 2.24) is 9.78 Å². The summed E-state index contributed by atoms with van der Waals surface area (Å²) in [7, 11) is -0.498. The number of methoxy groups -OCH3 is 1. The topological polar surface area (TPSA) is 78.3 Å². The van der Waals surface area contributed by atoms with E-state index in [-0.39, 0.29) is 10.6 Å². The zero-order chi connectivity index (χ0) is 17.6. The lowest BCUT2D eigenvalue weighted by Crippen LogP contribution is -2.09. The fourth-order valence-corrected chi connectivity index (χ4v) is 3.58. The van der Waals surface area contributed by atoms with Crippen molar-refractivity contribution < 1.29 is 17.9 Å². The second-order valence-electron chi connectivity index (χ2n) is 4.71. The minimum Gasteiger partial charge on any atom is -0.465 e. The molecule has 0 unspecified atom stereocenters. The predicted octanol–water partition coefficient (Wildman–Crippen LogP) is 2.52. The minimum absolute atomic E-state index is 0.174. The highest BCUT2D eigenvalue weighted by Gasteiger charge is 2.20. The van der Waals surface area contributed by atoms with E-state index in [1.807, 2.05) is 13.8 Å². The number of aryl methyl sites for hydroxylation is 2. The van der Waals surface area contributed by atoms with Gasteiger partial charge in [0.2, 0.25) is 0 Å². The molecule has 0 aliphatic rings. The number of aromatic nitrogens is 2. The normalized spacial score (nSPS) is 10.7. The Kier molecular flexibility index (Phi) is 6.50. The first-order valence-corrected chi connectivity index (χ1v) is 8.89. The maximum Gasteiger partial charge on any atom is 0.337 e. The van der Waals surface area contributed by atoms with Gasteiger partial charge >= 0.3 is 5.97 Å². The number of benzene rings is 1. The summed E-state index contributed by atoms with van der Waals surface area (Å²) in [5, 5.41) is 4.07. The van der Waals surface area contributed by atoms with Crippen LogP contribution < -0.4 is 0 Å². The summed E-state index contributed by atoms with van der Waals surface area (Å²) >= 11 is 0. The highest BCUT2D eigenvalue weighted by Crippen LogP contribution is 2.21. The van der Waals surface area contributed by atoms with Gasteiger partial charge < -0.3 is 4.74 Å². The number of ether oxygens (including phenoxy) is 1. The maximum absolute atomic E-state index is 12.4. The summed E-state index contributed by atoms with van der Waals surface area (Å²) in [4.78, 5) is 11.6. The summed E-state index contributed by atoms with van der Waals surface area (Å²) in [6, 6.07) is 6.05. The SMILES string of the molecule is CC.COC(=O)c1ccc(S(=O)(=O)Cc2ccn(C)n2)c(C)c1. The Balaban J connectivity index is 0.00000127. The average Bonchev–Trinajstić information content (AvgIpc) is 2.92. The highest BCUT2D eigenvalue weighted by molar-refractivity contribution is 7.90. The van der Waals surface area contributed by atoms with Crippen LogP contribution in [0.5, 0.6) is 0 Å². The lowest BCUT2D eigenvalue weighted by Gasteiger charge is -2.08. The molecule has 0 fully saturated rings. The average molecular weight is 338 g/mol. The molecule has 2 rings (SSSR count). The minimum atomic E-state index is -3.51. The van der Waals surface area contributed by atoms with E-state index in [2.05, 4.69) is 9.84 Å². The summed E-state index contributed by atoms with van der Waals surface area (Å²) in [6.07, 6.45) is 1.69. The van der Waals surface area contributed by atoms with Gasteiger partial charge in [0, 0.05) is 13.2 Å². The summed E-state index contributed by atoms with van der Waals surface area (Å²) < 4.78 is 31.0. The van der Waals surface area contributed by atoms with Gasteiger partial charge in [-0.1, -0.05) is 13.8 Å². The number of carbonyl (C=O) groups excluding carboxylic acids is 1. The lowest BCUT2D eigenvalue weighted by atomic mass is 10.1. The van der Waals surface area contributed by atoms with Gasteiger partial charge in [-0.3, -0.25) is 4.68 Å². The van der Waals surface area contributed by atoms with Crippen LogP contribution in [-0.2, 0) is 27.4 Å². The van der Waals surface area contributed by atoms with E-state index in [0.717, 1.165) is 0 Å². The van der Waals surface area contributed by atoms with Crippen LogP contribution in [0.2, 0.25) is 0 Å². The molecule has 0 aliphatic carbocycles. The molecule has 1 aromatic carbocycles. The van der Waals surface area contributed by atoms with E-state index in [1.54, 1.807) is 30.9 Å². The number of hydrogen-bond acceptors (Lipinski definition) is 5. The Bertz CT molecular complexity index is 779. The van der Waals surface area contributed by atoms with Crippen molar-refractivity contribution in [1.29, 1.82) is 0 Å². The van der Waals surface area contributed by atoms with Gasteiger partial charge in [-0.15, -0.1) is 0 Å². The smallest absolute Gasteiger partial charge is 0.337 e. The number of nitrogens with zero attached hydrogens (tertiary/aromatic N) is 2. The molecule has 0 spiro atoms. The number of hydrogen-bond donors (Lipinski definition) is 0. The molecule has 0 radical (unpaired) electrons. The Morgan fingerprint density at radius 3 is 2.39 bits per heavy atom. The van der Waals surface area contributed by atoms with Crippen molar-refractivity contribution in [3.05, 3.63) is 47.3 Å². The van der Waals surface area contributed by atoms with Gasteiger partial charge in [-0.05, 0) is 36.8 Å². The first-order chi connectivity index (χ1) is 10.8. The molecule has 2 aromatic rings. The van der Waals surface area contributed by atoms with Gasteiger partial charge in [-0.25, -0.2) is 13.2 Å². The molecule has 1 aromatic heterocycles. The molecule has 7 heteroatoms. The summed E-state index contributed by atoms with van der Waals surface area (Å²) in [5.41, 5.74) is 1.31. The Morgan fingerprint density at radius 2 is 1.91 bits per heavy atom. The van der Waals surface area contributed by atoms with Gasteiger partial charge in [0.25, 0.3) is 0 Å². The van der Waals surface area contributed by atoms with Crippen LogP contribution in [0.3, 0.4) is 0 Å². The van der Waals surface area contributed by atoms with E-state index < -0.39 is 15.8 Å². The monoisotopic (exact) mass is 338 g/mol. The highest BCUT2D eigenvalue weighted by atomic mass is 32.2. The molecule has 0 aliphatic heterocycles. The molecule has 0 saturated heterocycles. The van der Waals surface area contributed by atoms with Crippen molar-refractivity contribution in [3.63, 3.8) is 0 Å². The first kappa shape index (κ1) is 18.9. The van der Waals surface area contributed by atoms with E-state index in [9.17, 15) is 13.2 Å². The third-order valence-corrected chi connectivity index (χ3v) is 4.84. The molecule has 6 nitrogen and oxygen atoms in total. The second-order valence-corrected chi connectivity index (χ2v) is 6.67. The molecule has 0 saturated carbocycles. The Morgan fingerprint density at radius 1 is 1.26 bits per heavy atom. The number of rotatable bonds is 4. The zero-order valence-corrected chi connectivity index (χ0v) is 14.8. The lowest BCUT2D eigenvalue weighted by molar-refractivity contribution is 0.0600. The zero-order valence-electron chi connectivity index (χ0n) is 14.0. The maximum atomic E-state index is 12.4. The molecular weight excluding hydrogens is 316 g/mol. The van der Waals surface area contributed by atoms with Crippen molar-refractivity contribution in [2.24, 2.45) is 7.05 Å². The molecule has 0 atom stereocenters. The third-order valence-electron chi connectivity index (χ3n) is 3.04. The molecule has 0 amide bonds. The van der Waals surface area contributed by atoms with Crippen LogP contribution in [0.4, 0.5) is 0 Å². The number of esters is 1. The molecule has 126 valence electrons. The van der Waals surface area contributed by atoms with Gasteiger partial charge in [0.05, 0.1) is 29.0 Å². The van der Waals surface area contributed by atoms with E-state index in [1.165, 1.54) is 25.3 Å². The molecule has 0 N–H and O–H groups in total. The molecule has 23 heavy (non-hydrogen) atoms. The van der Waals surface area contributed by atoms with Crippen LogP contribution >= 0.6 is 0 Å². The molecular formula is C16H22N2O4S. The quantitative estimate of drug-likeness (QED) is 0.801. The second kappa shape index (κ2) is 7.92. The van der Waals surface area contributed by atoms with Crippen LogP contribution in [0.15, 0.2) is 35.4 Å². The van der Waals surface area contributed by atoms with Crippen LogP contribution in [0.25, 0.3) is 0 Å². The van der Waals surface area contributed by atoms with Crippen molar-refractivity contribution >= 4 is 15.8 Å². The number of sulfone groups is 1. The number of carbonyl (C=O) groups is 1. The van der Waals surface area contributed by atoms with Crippen LogP contribution in [0.1, 0.15) is 35.5 Å². The van der Waals surface area contributed by atoms with Gasteiger partial charge in [0.1, 0.15) is 0 Å². The summed E-state index contributed by atoms with van der Waals surface area (Å²) in [5.74, 6) is -0.668. The van der Waals surface area contributed by atoms with Crippen LogP contribution in [-0.4, -0.2) is 31.3 Å². The summed E-state index contributed by atoms with van der Waals surface area (Å²) in [6.45, 7) is 5.65. The molecule has 0 bridgehead atoms. The Hall–Kier alpha value is -2.15. The Labute approximate surface area is 137 Å².